The van der Waals surface area contributed by atoms with E-state index in [2.05, 4.69) is 72.4 Å². The fourth-order valence-corrected chi connectivity index (χ4v) is 12.6. The third kappa shape index (κ3) is 3.76. The predicted molar refractivity (Wildman–Crippen MR) is 122 cm³/mol. The molecule has 2 nitrogen and oxygen atoms in total. The average Bonchev–Trinajstić information content (AvgIpc) is 3.36. The lowest BCUT2D eigenvalue weighted by atomic mass is 10.7. The second kappa shape index (κ2) is 8.93. The monoisotopic (exact) mass is 405 g/mol. The van der Waals surface area contributed by atoms with Crippen molar-refractivity contribution in [3.05, 3.63) is 24.3 Å². The molecule has 0 spiro atoms. The maximum absolute atomic E-state index is 6.47. The molecule has 0 atom stereocenters. The number of hydrogen-bond donors (Lipinski definition) is 0. The van der Waals surface area contributed by atoms with Crippen molar-refractivity contribution in [2.24, 2.45) is 0 Å². The fraction of sp³-hybridized carbons (Fsp3) is 0.619. The maximum Gasteiger partial charge on any atom is 0.212 e. The molecule has 26 heavy (non-hydrogen) atoms. The minimum atomic E-state index is -1.44. The fourth-order valence-electron chi connectivity index (χ4n) is 4.32. The van der Waals surface area contributed by atoms with E-state index in [0.717, 1.165) is 10.8 Å². The molecule has 145 valence electrons. The number of rotatable bonds is 10. The highest BCUT2D eigenvalue weighted by Gasteiger charge is 2.35. The third-order valence-electron chi connectivity index (χ3n) is 7.06. The lowest BCUT2D eigenvalue weighted by molar-refractivity contribution is 0.616. The average molecular weight is 406 g/mol. The van der Waals surface area contributed by atoms with Crippen LogP contribution >= 0.6 is 0 Å². The standard InChI is InChI=1S/C21H37O2Si3/c1-8-25(9-2,10-3)20-16-14-18(22-20)24(7)19-15-17-21(23-19)26(11-4,12-5)13-6/h14-17H,8-13H2,1-7H3. The summed E-state index contributed by atoms with van der Waals surface area (Å²) in [5.74, 6) is 0. The van der Waals surface area contributed by atoms with Crippen LogP contribution in [0.2, 0.25) is 42.8 Å². The molecule has 0 N–H and O–H groups in total. The van der Waals surface area contributed by atoms with Crippen LogP contribution in [0.15, 0.2) is 33.1 Å². The summed E-state index contributed by atoms with van der Waals surface area (Å²) in [7, 11) is -3.83. The Hall–Kier alpha value is -0.789. The third-order valence-corrected chi connectivity index (χ3v) is 19.8. The normalized spacial score (nSPS) is 12.9. The van der Waals surface area contributed by atoms with Crippen LogP contribution in [0.4, 0.5) is 0 Å². The van der Waals surface area contributed by atoms with Gasteiger partial charge in [-0.2, -0.15) is 0 Å². The smallest absolute Gasteiger partial charge is 0.212 e. The lowest BCUT2D eigenvalue weighted by Crippen LogP contribution is -2.47. The first-order valence-corrected chi connectivity index (χ1v) is 17.7. The van der Waals surface area contributed by atoms with Crippen LogP contribution in [0, 0.1) is 0 Å². The molecule has 2 aromatic rings. The largest absolute Gasteiger partial charge is 0.476 e. The predicted octanol–water partition coefficient (Wildman–Crippen LogP) is 4.54. The van der Waals surface area contributed by atoms with E-state index >= 15 is 0 Å². The van der Waals surface area contributed by atoms with Gasteiger partial charge in [-0.05, 0) is 24.3 Å². The Kier molecular flexibility index (Phi) is 7.39. The lowest BCUT2D eigenvalue weighted by Gasteiger charge is -2.25. The molecule has 0 saturated carbocycles. The van der Waals surface area contributed by atoms with Gasteiger partial charge in [0.05, 0.1) is 21.5 Å². The van der Waals surface area contributed by atoms with E-state index < -0.39 is 24.9 Å². The molecule has 2 heterocycles. The molecule has 0 aromatic carbocycles. The van der Waals surface area contributed by atoms with Crippen molar-refractivity contribution >= 4 is 46.5 Å². The Bertz CT molecular complexity index is 606. The van der Waals surface area contributed by atoms with Crippen molar-refractivity contribution in [1.29, 1.82) is 0 Å². The summed E-state index contributed by atoms with van der Waals surface area (Å²) in [6.07, 6.45) is 0. The van der Waals surface area contributed by atoms with Gasteiger partial charge in [-0.1, -0.05) is 84.4 Å². The molecule has 5 heteroatoms. The Morgan fingerprint density at radius 3 is 1.19 bits per heavy atom. The summed E-state index contributed by atoms with van der Waals surface area (Å²) in [4.78, 5) is 0. The Morgan fingerprint density at radius 1 is 0.615 bits per heavy atom. The van der Waals surface area contributed by atoms with Crippen molar-refractivity contribution in [3.63, 3.8) is 0 Å². The van der Waals surface area contributed by atoms with Gasteiger partial charge in [-0.25, -0.2) is 0 Å². The Morgan fingerprint density at radius 2 is 0.923 bits per heavy atom. The highest BCUT2D eigenvalue weighted by molar-refractivity contribution is 6.92. The van der Waals surface area contributed by atoms with Crippen molar-refractivity contribution < 1.29 is 8.83 Å². The molecule has 0 aliphatic carbocycles. The van der Waals surface area contributed by atoms with Crippen LogP contribution in [0.25, 0.3) is 0 Å². The zero-order valence-corrected chi connectivity index (χ0v) is 20.9. The molecule has 0 aliphatic rings. The van der Waals surface area contributed by atoms with Gasteiger partial charge in [0.15, 0.2) is 0 Å². The Balaban J connectivity index is 2.30. The van der Waals surface area contributed by atoms with Gasteiger partial charge in [0, 0.05) is 0 Å². The van der Waals surface area contributed by atoms with Gasteiger partial charge in [0.1, 0.15) is 16.1 Å². The molecule has 2 rings (SSSR count). The van der Waals surface area contributed by atoms with Crippen LogP contribution < -0.4 is 21.5 Å². The van der Waals surface area contributed by atoms with E-state index in [1.807, 2.05) is 0 Å². The van der Waals surface area contributed by atoms with E-state index in [9.17, 15) is 0 Å². The second-order valence-corrected chi connectivity index (χ2v) is 20.2. The molecule has 0 saturated heterocycles. The van der Waals surface area contributed by atoms with E-state index in [4.69, 9.17) is 8.83 Å². The Labute approximate surface area is 164 Å². The first-order chi connectivity index (χ1) is 12.5. The van der Waals surface area contributed by atoms with E-state index in [1.54, 1.807) is 0 Å². The second-order valence-electron chi connectivity index (χ2n) is 7.63. The summed E-state index contributed by atoms with van der Waals surface area (Å²) in [6, 6.07) is 16.6. The van der Waals surface area contributed by atoms with Crippen molar-refractivity contribution in [3.8, 4) is 0 Å². The summed E-state index contributed by atoms with van der Waals surface area (Å²) >= 11 is 0. The van der Waals surface area contributed by atoms with Gasteiger partial charge in [-0.3, -0.25) is 0 Å². The van der Waals surface area contributed by atoms with Gasteiger partial charge in [0.25, 0.3) is 0 Å². The van der Waals surface area contributed by atoms with Crippen LogP contribution in [0.5, 0.6) is 0 Å². The zero-order valence-electron chi connectivity index (χ0n) is 17.9. The molecule has 0 aliphatic heterocycles. The van der Waals surface area contributed by atoms with Crippen LogP contribution in [-0.2, 0) is 0 Å². The first-order valence-electron chi connectivity index (χ1n) is 10.5. The molecule has 0 bridgehead atoms. The van der Waals surface area contributed by atoms with Crippen molar-refractivity contribution in [2.45, 2.75) is 84.4 Å². The summed E-state index contributed by atoms with van der Waals surface area (Å²) in [5, 5.41) is 4.93. The molecular weight excluding hydrogens is 368 g/mol. The topological polar surface area (TPSA) is 26.3 Å². The molecule has 1 radical (unpaired) electrons. The minimum absolute atomic E-state index is 0.959. The van der Waals surface area contributed by atoms with Crippen LogP contribution in [0.3, 0.4) is 0 Å². The number of hydrogen-bond acceptors (Lipinski definition) is 2. The first kappa shape index (κ1) is 21.5. The molecule has 2 aromatic heterocycles. The van der Waals surface area contributed by atoms with Crippen LogP contribution in [-0.4, -0.2) is 24.9 Å². The maximum atomic E-state index is 6.47. The molecule has 0 fully saturated rings. The van der Waals surface area contributed by atoms with Gasteiger partial charge in [0.2, 0.25) is 8.80 Å². The van der Waals surface area contributed by atoms with Gasteiger partial charge in [-0.15, -0.1) is 0 Å². The highest BCUT2D eigenvalue weighted by atomic mass is 28.3. The van der Waals surface area contributed by atoms with Crippen LogP contribution in [0.1, 0.15) is 41.5 Å². The summed E-state index contributed by atoms with van der Waals surface area (Å²) in [5.41, 5.74) is 0. The summed E-state index contributed by atoms with van der Waals surface area (Å²) in [6.45, 7) is 16.3. The van der Waals surface area contributed by atoms with E-state index in [1.165, 1.54) is 47.0 Å². The summed E-state index contributed by atoms with van der Waals surface area (Å²) < 4.78 is 12.9. The van der Waals surface area contributed by atoms with Gasteiger partial charge >= 0.3 is 0 Å². The quantitative estimate of drug-likeness (QED) is 0.542. The minimum Gasteiger partial charge on any atom is -0.476 e. The molecule has 0 unspecified atom stereocenters. The molecule has 0 amide bonds. The van der Waals surface area contributed by atoms with Crippen molar-refractivity contribution in [2.75, 3.05) is 0 Å². The number of furan rings is 2. The highest BCUT2D eigenvalue weighted by Crippen LogP contribution is 2.21. The zero-order chi connectivity index (χ0) is 19.4. The van der Waals surface area contributed by atoms with E-state index in [-0.39, 0.29) is 0 Å². The molecular formula is C21H37O2Si3. The SMILES string of the molecule is CC[Si](CC)(CC)c1ccc([Si](C)c2ccc([Si](CC)(CC)CC)o2)o1. The van der Waals surface area contributed by atoms with E-state index in [0.29, 0.717) is 0 Å². The van der Waals surface area contributed by atoms with Crippen molar-refractivity contribution in [1.82, 2.24) is 0 Å². The van der Waals surface area contributed by atoms with Gasteiger partial charge < -0.3 is 8.83 Å².